The van der Waals surface area contributed by atoms with Crippen LogP contribution in [0.2, 0.25) is 0 Å². The Morgan fingerprint density at radius 3 is 2.23 bits per heavy atom. The van der Waals surface area contributed by atoms with Crippen molar-refractivity contribution in [3.63, 3.8) is 0 Å². The van der Waals surface area contributed by atoms with Gasteiger partial charge < -0.3 is 15.4 Å². The third-order valence-electron chi connectivity index (χ3n) is 4.50. The molecule has 148 valence electrons. The molecule has 3 aromatic carbocycles. The maximum absolute atomic E-state index is 12.5. The molecule has 0 aliphatic heterocycles. The van der Waals surface area contributed by atoms with Gasteiger partial charge in [0.1, 0.15) is 17.9 Å². The lowest BCUT2D eigenvalue weighted by Crippen LogP contribution is -2.11. The van der Waals surface area contributed by atoms with Crippen molar-refractivity contribution in [3.8, 4) is 17.0 Å². The number of hydrogen-bond donors (Lipinski definition) is 2. The fourth-order valence-electron chi connectivity index (χ4n) is 2.92. The highest BCUT2D eigenvalue weighted by Crippen LogP contribution is 2.21. The van der Waals surface area contributed by atoms with E-state index in [0.29, 0.717) is 17.1 Å². The first-order valence-electron chi connectivity index (χ1n) is 9.41. The van der Waals surface area contributed by atoms with Gasteiger partial charge in [-0.1, -0.05) is 30.3 Å². The van der Waals surface area contributed by atoms with Crippen molar-refractivity contribution in [2.75, 3.05) is 17.7 Å². The summed E-state index contributed by atoms with van der Waals surface area (Å²) in [4.78, 5) is 21.1. The van der Waals surface area contributed by atoms with Crippen LogP contribution in [0.5, 0.6) is 5.75 Å². The predicted octanol–water partition coefficient (Wildman–Crippen LogP) is 5.15. The van der Waals surface area contributed by atoms with Gasteiger partial charge in [-0.2, -0.15) is 0 Å². The van der Waals surface area contributed by atoms with E-state index in [1.807, 2.05) is 48.5 Å². The van der Waals surface area contributed by atoms with Gasteiger partial charge in [0.25, 0.3) is 5.91 Å². The molecule has 1 aromatic heterocycles. The van der Waals surface area contributed by atoms with E-state index in [-0.39, 0.29) is 5.91 Å². The third kappa shape index (κ3) is 4.62. The number of methoxy groups -OCH3 is 1. The number of hydrogen-bond acceptors (Lipinski definition) is 5. The third-order valence-corrected chi connectivity index (χ3v) is 4.50. The molecule has 1 amide bonds. The van der Waals surface area contributed by atoms with Crippen LogP contribution in [0.15, 0.2) is 91.3 Å². The van der Waals surface area contributed by atoms with Crippen LogP contribution >= 0.6 is 0 Å². The lowest BCUT2D eigenvalue weighted by molar-refractivity contribution is 0.102. The molecule has 6 heteroatoms. The fourth-order valence-corrected chi connectivity index (χ4v) is 2.92. The van der Waals surface area contributed by atoms with Gasteiger partial charge in [0, 0.05) is 28.6 Å². The summed E-state index contributed by atoms with van der Waals surface area (Å²) in [7, 11) is 1.60. The Bertz CT molecular complexity index is 1130. The van der Waals surface area contributed by atoms with Crippen LogP contribution in [-0.4, -0.2) is 23.0 Å². The normalized spacial score (nSPS) is 10.3. The summed E-state index contributed by atoms with van der Waals surface area (Å²) >= 11 is 0. The Morgan fingerprint density at radius 2 is 1.53 bits per heavy atom. The van der Waals surface area contributed by atoms with Crippen molar-refractivity contribution in [2.24, 2.45) is 0 Å². The Labute approximate surface area is 174 Å². The molecule has 0 saturated carbocycles. The van der Waals surface area contributed by atoms with Crippen molar-refractivity contribution in [3.05, 3.63) is 96.8 Å². The van der Waals surface area contributed by atoms with Gasteiger partial charge in [-0.25, -0.2) is 9.97 Å². The number of ether oxygens (including phenoxy) is 1. The van der Waals surface area contributed by atoms with E-state index in [1.54, 1.807) is 43.5 Å². The topological polar surface area (TPSA) is 76.1 Å². The van der Waals surface area contributed by atoms with E-state index >= 15 is 0 Å². The predicted molar refractivity (Wildman–Crippen MR) is 118 cm³/mol. The van der Waals surface area contributed by atoms with Crippen molar-refractivity contribution >= 4 is 23.1 Å². The fraction of sp³-hybridized carbons (Fsp3) is 0.0417. The summed E-state index contributed by atoms with van der Waals surface area (Å²) in [5, 5.41) is 6.11. The van der Waals surface area contributed by atoms with Gasteiger partial charge in [-0.3, -0.25) is 4.79 Å². The average Bonchev–Trinajstić information content (AvgIpc) is 2.81. The van der Waals surface area contributed by atoms with Crippen molar-refractivity contribution in [2.45, 2.75) is 0 Å². The van der Waals surface area contributed by atoms with Crippen LogP contribution in [0.4, 0.5) is 17.2 Å². The number of nitrogens with one attached hydrogen (secondary N) is 2. The zero-order valence-electron chi connectivity index (χ0n) is 16.4. The van der Waals surface area contributed by atoms with Gasteiger partial charge in [-0.05, 0) is 48.5 Å². The first-order chi connectivity index (χ1) is 14.7. The zero-order valence-corrected chi connectivity index (χ0v) is 16.4. The van der Waals surface area contributed by atoms with Gasteiger partial charge in [0.2, 0.25) is 0 Å². The highest BCUT2D eigenvalue weighted by Gasteiger charge is 2.07. The molecule has 0 unspecified atom stereocenters. The van der Waals surface area contributed by atoms with E-state index in [2.05, 4.69) is 20.6 Å². The van der Waals surface area contributed by atoms with Crippen molar-refractivity contribution < 1.29 is 9.53 Å². The summed E-state index contributed by atoms with van der Waals surface area (Å²) in [5.41, 5.74) is 3.95. The SMILES string of the molecule is COc1ccc(NC(=O)c2ccc(Nc3cc(-c4ccccc4)ncn3)cc2)cc1. The maximum Gasteiger partial charge on any atom is 0.255 e. The number of nitrogens with zero attached hydrogens (tertiary/aromatic N) is 2. The van der Waals surface area contributed by atoms with E-state index in [4.69, 9.17) is 4.74 Å². The number of amides is 1. The number of rotatable bonds is 6. The first kappa shape index (κ1) is 19.1. The highest BCUT2D eigenvalue weighted by atomic mass is 16.5. The molecule has 0 saturated heterocycles. The minimum atomic E-state index is -0.180. The quantitative estimate of drug-likeness (QED) is 0.471. The number of aromatic nitrogens is 2. The van der Waals surface area contributed by atoms with Crippen LogP contribution in [0.3, 0.4) is 0 Å². The maximum atomic E-state index is 12.5. The highest BCUT2D eigenvalue weighted by molar-refractivity contribution is 6.04. The summed E-state index contributed by atoms with van der Waals surface area (Å²) in [5.74, 6) is 1.24. The minimum Gasteiger partial charge on any atom is -0.497 e. The van der Waals surface area contributed by atoms with Crippen molar-refractivity contribution in [1.82, 2.24) is 9.97 Å². The van der Waals surface area contributed by atoms with Crippen LogP contribution in [0.25, 0.3) is 11.3 Å². The van der Waals surface area contributed by atoms with Crippen LogP contribution < -0.4 is 15.4 Å². The number of carbonyl (C=O) groups excluding carboxylic acids is 1. The lowest BCUT2D eigenvalue weighted by atomic mass is 10.1. The van der Waals surface area contributed by atoms with E-state index in [0.717, 1.165) is 22.7 Å². The Balaban J connectivity index is 1.43. The molecule has 30 heavy (non-hydrogen) atoms. The molecule has 0 bridgehead atoms. The summed E-state index contributed by atoms with van der Waals surface area (Å²) in [6.07, 6.45) is 1.53. The first-order valence-corrected chi connectivity index (χ1v) is 9.41. The van der Waals surface area contributed by atoms with Gasteiger partial charge in [0.15, 0.2) is 0 Å². The van der Waals surface area contributed by atoms with Crippen LogP contribution in [-0.2, 0) is 0 Å². The smallest absolute Gasteiger partial charge is 0.255 e. The van der Waals surface area contributed by atoms with Crippen LogP contribution in [0.1, 0.15) is 10.4 Å². The largest absolute Gasteiger partial charge is 0.497 e. The van der Waals surface area contributed by atoms with Crippen molar-refractivity contribution in [1.29, 1.82) is 0 Å². The summed E-state index contributed by atoms with van der Waals surface area (Å²) in [6.45, 7) is 0. The van der Waals surface area contributed by atoms with E-state index in [9.17, 15) is 4.79 Å². The molecule has 0 aliphatic rings. The van der Waals surface area contributed by atoms with Gasteiger partial charge in [-0.15, -0.1) is 0 Å². The number of benzene rings is 3. The second kappa shape index (κ2) is 8.87. The molecule has 0 fully saturated rings. The number of anilines is 3. The number of carbonyl (C=O) groups is 1. The lowest BCUT2D eigenvalue weighted by Gasteiger charge is -2.09. The Hall–Kier alpha value is -4.19. The monoisotopic (exact) mass is 396 g/mol. The molecule has 2 N–H and O–H groups in total. The average molecular weight is 396 g/mol. The molecule has 4 aromatic rings. The van der Waals surface area contributed by atoms with E-state index < -0.39 is 0 Å². The molecule has 4 rings (SSSR count). The Morgan fingerprint density at radius 1 is 0.833 bits per heavy atom. The molecular weight excluding hydrogens is 376 g/mol. The Kier molecular flexibility index (Phi) is 5.66. The summed E-state index contributed by atoms with van der Waals surface area (Å²) in [6, 6.07) is 26.2. The zero-order chi connectivity index (χ0) is 20.8. The van der Waals surface area contributed by atoms with Gasteiger partial charge in [0.05, 0.1) is 12.8 Å². The molecule has 0 atom stereocenters. The minimum absolute atomic E-state index is 0.180. The van der Waals surface area contributed by atoms with Gasteiger partial charge >= 0.3 is 0 Å². The molecule has 0 aliphatic carbocycles. The molecule has 0 radical (unpaired) electrons. The van der Waals surface area contributed by atoms with Crippen LogP contribution in [0, 0.1) is 0 Å². The standard InChI is InChI=1S/C24H20N4O2/c1-30-21-13-11-20(12-14-21)28-24(29)18-7-9-19(10-8-18)27-23-15-22(25-16-26-23)17-5-3-2-4-6-17/h2-16H,1H3,(H,28,29)(H,25,26,27). The second-order valence-corrected chi connectivity index (χ2v) is 6.54. The summed E-state index contributed by atoms with van der Waals surface area (Å²) < 4.78 is 5.12. The molecule has 1 heterocycles. The van der Waals surface area contributed by atoms with E-state index in [1.165, 1.54) is 6.33 Å². The molecule has 0 spiro atoms. The second-order valence-electron chi connectivity index (χ2n) is 6.54. The molecule has 6 nitrogen and oxygen atoms in total. The molecular formula is C24H20N4O2.